The van der Waals surface area contributed by atoms with Gasteiger partial charge in [0.15, 0.2) is 9.84 Å². The van der Waals surface area contributed by atoms with Crippen molar-refractivity contribution in [2.24, 2.45) is 0 Å². The molecule has 0 unspecified atom stereocenters. The summed E-state index contributed by atoms with van der Waals surface area (Å²) in [5.74, 6) is 0. The molecule has 0 spiro atoms. The average molecular weight is 406 g/mol. The second kappa shape index (κ2) is 7.62. The van der Waals surface area contributed by atoms with Gasteiger partial charge in [-0.3, -0.25) is 4.68 Å². The van der Waals surface area contributed by atoms with E-state index in [9.17, 15) is 8.42 Å². The van der Waals surface area contributed by atoms with E-state index in [-0.39, 0.29) is 12.4 Å². The van der Waals surface area contributed by atoms with Crippen LogP contribution in [0.4, 0.5) is 0 Å². The van der Waals surface area contributed by atoms with Crippen LogP contribution in [0.2, 0.25) is 0 Å². The number of nitrogens with one attached hydrogen (secondary N) is 1. The summed E-state index contributed by atoms with van der Waals surface area (Å²) >= 11 is 0. The summed E-state index contributed by atoms with van der Waals surface area (Å²) in [6, 6.07) is 11.9. The lowest BCUT2D eigenvalue weighted by Gasteiger charge is -2.23. The van der Waals surface area contributed by atoms with Gasteiger partial charge in [-0.15, -0.1) is 12.4 Å². The summed E-state index contributed by atoms with van der Waals surface area (Å²) in [5, 5.41) is 9.17. The summed E-state index contributed by atoms with van der Waals surface area (Å²) in [6.07, 6.45) is 5.37. The fraction of sp³-hybridized carbons (Fsp3) is 0.350. The lowest BCUT2D eigenvalue weighted by Crippen LogP contribution is -2.29. The van der Waals surface area contributed by atoms with Gasteiger partial charge in [0.2, 0.25) is 0 Å². The van der Waals surface area contributed by atoms with E-state index >= 15 is 0 Å². The van der Waals surface area contributed by atoms with E-state index in [1.165, 1.54) is 17.3 Å². The minimum atomic E-state index is -3.17. The molecule has 144 valence electrons. The SMILES string of the molecule is Cc1cc2c(cnn2C2CCNCC2)cc1-c1ccc(S(C)(=O)=O)cc1.Cl. The van der Waals surface area contributed by atoms with Crippen LogP contribution < -0.4 is 5.32 Å². The smallest absolute Gasteiger partial charge is 0.175 e. The fourth-order valence-electron chi connectivity index (χ4n) is 3.73. The highest BCUT2D eigenvalue weighted by molar-refractivity contribution is 7.90. The number of nitrogens with zero attached hydrogens (tertiary/aromatic N) is 2. The molecule has 1 aliphatic rings. The quantitative estimate of drug-likeness (QED) is 0.720. The second-order valence-electron chi connectivity index (χ2n) is 7.09. The molecule has 0 atom stereocenters. The first-order chi connectivity index (χ1) is 12.4. The van der Waals surface area contributed by atoms with Crippen LogP contribution in [0, 0.1) is 6.92 Å². The fourth-order valence-corrected chi connectivity index (χ4v) is 4.36. The molecule has 2 heterocycles. The summed E-state index contributed by atoms with van der Waals surface area (Å²) in [4.78, 5) is 0.346. The zero-order chi connectivity index (χ0) is 18.3. The largest absolute Gasteiger partial charge is 0.317 e. The number of halogens is 1. The van der Waals surface area contributed by atoms with E-state index in [0.29, 0.717) is 10.9 Å². The molecule has 1 N–H and O–H groups in total. The Morgan fingerprint density at radius 1 is 1.11 bits per heavy atom. The molecule has 27 heavy (non-hydrogen) atoms. The van der Waals surface area contributed by atoms with Crippen molar-refractivity contribution in [2.45, 2.75) is 30.7 Å². The maximum Gasteiger partial charge on any atom is 0.175 e. The van der Waals surface area contributed by atoms with Crippen molar-refractivity contribution in [3.63, 3.8) is 0 Å². The Hall–Kier alpha value is -1.89. The Balaban J connectivity index is 0.00000210. The van der Waals surface area contributed by atoms with Gasteiger partial charge in [0, 0.05) is 11.6 Å². The van der Waals surface area contributed by atoms with Crippen molar-refractivity contribution in [2.75, 3.05) is 19.3 Å². The molecule has 3 aromatic rings. The molecule has 0 aliphatic carbocycles. The van der Waals surface area contributed by atoms with Crippen molar-refractivity contribution in [1.29, 1.82) is 0 Å². The van der Waals surface area contributed by atoms with Gasteiger partial charge in [0.1, 0.15) is 0 Å². The van der Waals surface area contributed by atoms with Crippen LogP contribution >= 0.6 is 12.4 Å². The zero-order valence-corrected chi connectivity index (χ0v) is 17.1. The second-order valence-corrected chi connectivity index (χ2v) is 9.11. The van der Waals surface area contributed by atoms with E-state index in [0.717, 1.165) is 42.4 Å². The molecule has 2 aromatic carbocycles. The van der Waals surface area contributed by atoms with Crippen molar-refractivity contribution in [1.82, 2.24) is 15.1 Å². The van der Waals surface area contributed by atoms with E-state index in [2.05, 4.69) is 34.2 Å². The lowest BCUT2D eigenvalue weighted by molar-refractivity contribution is 0.351. The number of rotatable bonds is 3. The van der Waals surface area contributed by atoms with Crippen LogP contribution in [0.1, 0.15) is 24.4 Å². The van der Waals surface area contributed by atoms with Crippen LogP contribution in [-0.2, 0) is 9.84 Å². The van der Waals surface area contributed by atoms with Gasteiger partial charge >= 0.3 is 0 Å². The number of aryl methyl sites for hydroxylation is 1. The standard InChI is InChI=1S/C20H23N3O2S.ClH/c1-14-11-20-16(13-22-23(20)17-7-9-21-10-8-17)12-19(14)15-3-5-18(6-4-15)26(2,24)25;/h3-6,11-13,17,21H,7-10H2,1-2H3;1H. The molecule has 4 rings (SSSR count). The van der Waals surface area contributed by atoms with Crippen molar-refractivity contribution < 1.29 is 8.42 Å². The number of fused-ring (bicyclic) bond motifs is 1. The summed E-state index contributed by atoms with van der Waals surface area (Å²) < 4.78 is 25.5. The molecule has 0 amide bonds. The van der Waals surface area contributed by atoms with E-state index in [1.807, 2.05) is 18.3 Å². The molecular weight excluding hydrogens is 382 g/mol. The summed E-state index contributed by atoms with van der Waals surface area (Å²) in [5.41, 5.74) is 4.47. The molecule has 0 bridgehead atoms. The Morgan fingerprint density at radius 3 is 2.41 bits per heavy atom. The Kier molecular flexibility index (Phi) is 5.60. The predicted molar refractivity (Wildman–Crippen MR) is 111 cm³/mol. The Bertz CT molecular complexity index is 1050. The third-order valence-corrected chi connectivity index (χ3v) is 6.32. The highest BCUT2D eigenvalue weighted by Gasteiger charge is 2.18. The predicted octanol–water partition coefficient (Wildman–Crippen LogP) is 3.76. The molecule has 1 aliphatic heterocycles. The monoisotopic (exact) mass is 405 g/mol. The van der Waals surface area contributed by atoms with Crippen LogP contribution in [0.15, 0.2) is 47.5 Å². The normalized spacial score (nSPS) is 15.6. The number of benzene rings is 2. The number of piperidine rings is 1. The first kappa shape index (κ1) is 19.9. The van der Waals surface area contributed by atoms with E-state index in [4.69, 9.17) is 0 Å². The van der Waals surface area contributed by atoms with Crippen molar-refractivity contribution in [3.05, 3.63) is 48.2 Å². The van der Waals surface area contributed by atoms with Gasteiger partial charge in [0.05, 0.1) is 22.7 Å². The number of hydrogen-bond donors (Lipinski definition) is 1. The van der Waals surface area contributed by atoms with E-state index < -0.39 is 9.84 Å². The molecule has 5 nitrogen and oxygen atoms in total. The average Bonchev–Trinajstić information content (AvgIpc) is 3.04. The minimum Gasteiger partial charge on any atom is -0.317 e. The first-order valence-corrected chi connectivity index (χ1v) is 10.8. The lowest BCUT2D eigenvalue weighted by atomic mass is 9.98. The summed E-state index contributed by atoms with van der Waals surface area (Å²) in [6.45, 7) is 4.17. The zero-order valence-electron chi connectivity index (χ0n) is 15.5. The maximum atomic E-state index is 11.7. The molecule has 1 saturated heterocycles. The molecule has 0 radical (unpaired) electrons. The van der Waals surface area contributed by atoms with Crippen LogP contribution in [0.3, 0.4) is 0 Å². The van der Waals surface area contributed by atoms with Gasteiger partial charge in [-0.05, 0) is 73.8 Å². The Morgan fingerprint density at radius 2 is 1.78 bits per heavy atom. The third-order valence-electron chi connectivity index (χ3n) is 5.19. The van der Waals surface area contributed by atoms with Crippen molar-refractivity contribution >= 4 is 33.1 Å². The summed E-state index contributed by atoms with van der Waals surface area (Å²) in [7, 11) is -3.17. The van der Waals surface area contributed by atoms with Gasteiger partial charge < -0.3 is 5.32 Å². The number of aromatic nitrogens is 2. The van der Waals surface area contributed by atoms with Crippen LogP contribution in [-0.4, -0.2) is 37.5 Å². The minimum absolute atomic E-state index is 0. The van der Waals surface area contributed by atoms with Crippen LogP contribution in [0.25, 0.3) is 22.0 Å². The third kappa shape index (κ3) is 3.88. The first-order valence-electron chi connectivity index (χ1n) is 8.92. The molecular formula is C20H24ClN3O2S. The van der Waals surface area contributed by atoms with Gasteiger partial charge in [0.25, 0.3) is 0 Å². The maximum absolute atomic E-state index is 11.7. The van der Waals surface area contributed by atoms with Gasteiger partial charge in [-0.1, -0.05) is 12.1 Å². The number of hydrogen-bond acceptors (Lipinski definition) is 4. The van der Waals surface area contributed by atoms with E-state index in [1.54, 1.807) is 12.1 Å². The van der Waals surface area contributed by atoms with Gasteiger partial charge in [-0.2, -0.15) is 5.10 Å². The van der Waals surface area contributed by atoms with Crippen LogP contribution in [0.5, 0.6) is 0 Å². The molecule has 7 heteroatoms. The molecule has 0 saturated carbocycles. The van der Waals surface area contributed by atoms with Gasteiger partial charge in [-0.25, -0.2) is 8.42 Å². The number of sulfone groups is 1. The highest BCUT2D eigenvalue weighted by atomic mass is 35.5. The van der Waals surface area contributed by atoms with Crippen molar-refractivity contribution in [3.8, 4) is 11.1 Å². The molecule has 1 fully saturated rings. The Labute approximate surface area is 166 Å². The molecule has 1 aromatic heterocycles. The topological polar surface area (TPSA) is 64.0 Å². The highest BCUT2D eigenvalue weighted by Crippen LogP contribution is 2.31.